The number of ketones is 2. The van der Waals surface area contributed by atoms with Crippen LogP contribution in [0.5, 0.6) is 0 Å². The van der Waals surface area contributed by atoms with Crippen molar-refractivity contribution in [2.45, 2.75) is 45.5 Å². The van der Waals surface area contributed by atoms with E-state index in [0.717, 1.165) is 16.6 Å². The summed E-state index contributed by atoms with van der Waals surface area (Å²) in [4.78, 5) is 41.2. The van der Waals surface area contributed by atoms with Crippen LogP contribution in [0.4, 0.5) is 5.69 Å². The van der Waals surface area contributed by atoms with Gasteiger partial charge in [-0.05, 0) is 37.5 Å². The average molecular weight is 314 g/mol. The van der Waals surface area contributed by atoms with Crippen molar-refractivity contribution in [3.05, 3.63) is 33.9 Å². The fraction of sp³-hybridized carbons (Fsp3) is 0.412. The van der Waals surface area contributed by atoms with Gasteiger partial charge >= 0.3 is 0 Å². The molecule has 6 heteroatoms. The number of carbonyl (C=O) groups is 2. The van der Waals surface area contributed by atoms with E-state index in [2.05, 4.69) is 4.98 Å². The lowest BCUT2D eigenvalue weighted by Gasteiger charge is -2.24. The number of nitrogens with two attached hydrogens (primary N) is 1. The Labute approximate surface area is 134 Å². The topological polar surface area (TPSA) is 95.1 Å². The van der Waals surface area contributed by atoms with Crippen molar-refractivity contribution >= 4 is 28.2 Å². The second kappa shape index (κ2) is 5.61. The van der Waals surface area contributed by atoms with E-state index in [1.165, 1.54) is 0 Å². The molecular formula is C17H19N3O3. The highest BCUT2D eigenvalue weighted by atomic mass is 16.2. The van der Waals surface area contributed by atoms with Gasteiger partial charge in [-0.1, -0.05) is 6.92 Å². The number of Topliss-reactive ketones (excluding diaryl/α,β-unsaturated/α-hetero) is 2. The first kappa shape index (κ1) is 14.1. The van der Waals surface area contributed by atoms with Gasteiger partial charge in [0.05, 0.1) is 24.7 Å². The predicted octanol–water partition coefficient (Wildman–Crippen LogP) is 1.71. The number of aryl methyl sites for hydroxylation is 2. The summed E-state index contributed by atoms with van der Waals surface area (Å²) in [5.41, 5.74) is 7.24. The minimum atomic E-state index is -1.80. The molecule has 1 atom stereocenters. The molecule has 6 nitrogen and oxygen atoms in total. The minimum absolute atomic E-state index is 0.0223. The molecule has 0 saturated heterocycles. The van der Waals surface area contributed by atoms with Crippen molar-refractivity contribution in [3.8, 4) is 0 Å². The summed E-state index contributed by atoms with van der Waals surface area (Å²) in [5.74, 6) is -0.499. The van der Waals surface area contributed by atoms with Crippen LogP contribution >= 0.6 is 0 Å². The van der Waals surface area contributed by atoms with Crippen molar-refractivity contribution < 1.29 is 11.0 Å². The first-order valence-electron chi connectivity index (χ1n) is 8.15. The van der Waals surface area contributed by atoms with Crippen LogP contribution in [0.3, 0.4) is 0 Å². The molecule has 1 heterocycles. The van der Waals surface area contributed by atoms with Crippen molar-refractivity contribution in [2.24, 2.45) is 0 Å². The Morgan fingerprint density at radius 3 is 2.78 bits per heavy atom. The SMILES string of the molecule is [2H][C@]1(n2c(C)nc3cc(CC)cc(N)c3c2=O)CCC(=O)CC1=O. The van der Waals surface area contributed by atoms with Gasteiger partial charge in [0.1, 0.15) is 11.6 Å². The molecule has 1 saturated carbocycles. The maximum atomic E-state index is 13.0. The molecule has 2 aromatic rings. The van der Waals surface area contributed by atoms with Gasteiger partial charge < -0.3 is 5.73 Å². The Hall–Kier alpha value is -2.50. The zero-order valence-corrected chi connectivity index (χ0v) is 13.2. The number of hydrogen-bond donors (Lipinski definition) is 1. The highest BCUT2D eigenvalue weighted by Crippen LogP contribution is 2.25. The first-order chi connectivity index (χ1) is 11.3. The molecule has 0 spiro atoms. The standard InChI is InChI=1S/C17H19N3O3/c1-3-10-6-12(18)16-13(7-10)19-9(2)20(17(16)23)14-5-4-11(21)8-15(14)22/h6-7,14H,3-5,8,18H2,1-2H3/t14-/m0/s1/i14D. The number of rotatable bonds is 2. The van der Waals surface area contributed by atoms with E-state index in [4.69, 9.17) is 7.10 Å². The van der Waals surface area contributed by atoms with Crippen molar-refractivity contribution in [1.29, 1.82) is 0 Å². The maximum absolute atomic E-state index is 13.0. The number of nitrogen functional groups attached to an aromatic ring is 1. The van der Waals surface area contributed by atoms with Crippen LogP contribution in [0.1, 0.15) is 45.0 Å². The number of hydrogen-bond acceptors (Lipinski definition) is 5. The van der Waals surface area contributed by atoms with Crippen LogP contribution in [0.2, 0.25) is 0 Å². The van der Waals surface area contributed by atoms with Crippen LogP contribution in [0, 0.1) is 6.92 Å². The van der Waals surface area contributed by atoms with E-state index in [0.29, 0.717) is 11.2 Å². The molecule has 0 unspecified atom stereocenters. The lowest BCUT2D eigenvalue weighted by Crippen LogP contribution is -2.36. The second-order valence-corrected chi connectivity index (χ2v) is 5.82. The van der Waals surface area contributed by atoms with E-state index < -0.39 is 17.4 Å². The number of benzene rings is 1. The van der Waals surface area contributed by atoms with Crippen LogP contribution in [-0.4, -0.2) is 21.1 Å². The van der Waals surface area contributed by atoms with Gasteiger partial charge in [0.15, 0.2) is 5.78 Å². The average Bonchev–Trinajstić information content (AvgIpc) is 2.50. The normalized spacial score (nSPS) is 22.4. The predicted molar refractivity (Wildman–Crippen MR) is 87.4 cm³/mol. The van der Waals surface area contributed by atoms with E-state index in [9.17, 15) is 14.4 Å². The highest BCUT2D eigenvalue weighted by molar-refractivity contribution is 6.03. The first-order valence-corrected chi connectivity index (χ1v) is 7.65. The molecule has 1 aromatic carbocycles. The molecule has 1 aliphatic carbocycles. The second-order valence-electron chi connectivity index (χ2n) is 5.82. The summed E-state index contributed by atoms with van der Waals surface area (Å²) in [6.07, 6.45) is 0.513. The number of aromatic nitrogens is 2. The number of fused-ring (bicyclic) bond motifs is 1. The summed E-state index contributed by atoms with van der Waals surface area (Å²) in [6.45, 7) is 3.57. The van der Waals surface area contributed by atoms with Gasteiger partial charge in [-0.25, -0.2) is 4.98 Å². The van der Waals surface area contributed by atoms with Crippen LogP contribution in [0.25, 0.3) is 10.9 Å². The molecule has 0 aliphatic heterocycles. The summed E-state index contributed by atoms with van der Waals surface area (Å²) < 4.78 is 9.63. The third-order valence-electron chi connectivity index (χ3n) is 4.23. The Morgan fingerprint density at radius 1 is 1.39 bits per heavy atom. The highest BCUT2D eigenvalue weighted by Gasteiger charge is 2.30. The largest absolute Gasteiger partial charge is 0.398 e. The molecule has 1 aliphatic rings. The Bertz CT molecular complexity index is 935. The smallest absolute Gasteiger partial charge is 0.264 e. The molecular weight excluding hydrogens is 294 g/mol. The third kappa shape index (κ3) is 2.54. The van der Waals surface area contributed by atoms with Gasteiger partial charge in [-0.2, -0.15) is 0 Å². The fourth-order valence-corrected chi connectivity index (χ4v) is 3.04. The van der Waals surface area contributed by atoms with Crippen LogP contribution in [-0.2, 0) is 16.0 Å². The van der Waals surface area contributed by atoms with Gasteiger partial charge in [0.2, 0.25) is 0 Å². The van der Waals surface area contributed by atoms with Gasteiger partial charge in [0.25, 0.3) is 5.56 Å². The van der Waals surface area contributed by atoms with Gasteiger partial charge in [0, 0.05) is 12.1 Å². The maximum Gasteiger partial charge on any atom is 0.264 e. The molecule has 0 amide bonds. The fourth-order valence-electron chi connectivity index (χ4n) is 3.04. The van der Waals surface area contributed by atoms with E-state index in [1.54, 1.807) is 19.1 Å². The molecule has 3 rings (SSSR count). The van der Waals surface area contributed by atoms with E-state index >= 15 is 0 Å². The Morgan fingerprint density at radius 2 is 2.13 bits per heavy atom. The summed E-state index contributed by atoms with van der Waals surface area (Å²) in [6, 6.07) is 1.72. The number of nitrogens with zero attached hydrogens (tertiary/aromatic N) is 2. The Kier molecular flexibility index (Phi) is 3.44. The van der Waals surface area contributed by atoms with Crippen molar-refractivity contribution in [2.75, 3.05) is 5.73 Å². The minimum Gasteiger partial charge on any atom is -0.398 e. The molecule has 120 valence electrons. The lowest BCUT2D eigenvalue weighted by molar-refractivity contribution is -0.132. The zero-order chi connectivity index (χ0) is 17.6. The molecule has 0 bridgehead atoms. The van der Waals surface area contributed by atoms with E-state index in [-0.39, 0.29) is 36.3 Å². The molecule has 2 N–H and O–H groups in total. The number of carbonyl (C=O) groups excluding carboxylic acids is 2. The van der Waals surface area contributed by atoms with Crippen molar-refractivity contribution in [1.82, 2.24) is 9.55 Å². The molecule has 1 aromatic heterocycles. The number of anilines is 1. The van der Waals surface area contributed by atoms with E-state index in [1.807, 2.05) is 6.92 Å². The monoisotopic (exact) mass is 314 g/mol. The quantitative estimate of drug-likeness (QED) is 0.672. The van der Waals surface area contributed by atoms with Crippen molar-refractivity contribution in [3.63, 3.8) is 0 Å². The summed E-state index contributed by atoms with van der Waals surface area (Å²) >= 11 is 0. The summed E-state index contributed by atoms with van der Waals surface area (Å²) in [7, 11) is 0. The molecule has 1 fully saturated rings. The molecule has 0 radical (unpaired) electrons. The molecule has 23 heavy (non-hydrogen) atoms. The Balaban J connectivity index is 2.30. The summed E-state index contributed by atoms with van der Waals surface area (Å²) in [5, 5.41) is 0.217. The third-order valence-corrected chi connectivity index (χ3v) is 4.23. The van der Waals surface area contributed by atoms with Crippen LogP contribution < -0.4 is 11.3 Å². The van der Waals surface area contributed by atoms with Gasteiger partial charge in [-0.3, -0.25) is 19.0 Å². The zero-order valence-electron chi connectivity index (χ0n) is 14.2. The van der Waals surface area contributed by atoms with Gasteiger partial charge in [-0.15, -0.1) is 0 Å². The lowest BCUT2D eigenvalue weighted by atomic mass is 9.92. The van der Waals surface area contributed by atoms with Crippen LogP contribution in [0.15, 0.2) is 16.9 Å².